The minimum absolute atomic E-state index is 0.0496. The molecule has 0 spiro atoms. The van der Waals surface area contributed by atoms with Crippen molar-refractivity contribution in [1.82, 2.24) is 19.6 Å². The molecule has 48 heavy (non-hydrogen) atoms. The van der Waals surface area contributed by atoms with Crippen molar-refractivity contribution in [1.29, 1.82) is 5.26 Å². The van der Waals surface area contributed by atoms with Crippen molar-refractivity contribution in [3.63, 3.8) is 0 Å². The Morgan fingerprint density at radius 3 is 2.46 bits per heavy atom. The third-order valence-corrected chi connectivity index (χ3v) is 8.49. The Morgan fingerprint density at radius 1 is 1.10 bits per heavy atom. The normalized spacial score (nSPS) is 18.4. The van der Waals surface area contributed by atoms with Crippen molar-refractivity contribution in [3.05, 3.63) is 69.3 Å². The second kappa shape index (κ2) is 12.8. The van der Waals surface area contributed by atoms with Crippen LogP contribution < -0.4 is 0 Å². The molecule has 2 amide bonds. The number of piperazine rings is 1. The van der Waals surface area contributed by atoms with E-state index in [0.717, 1.165) is 22.5 Å². The zero-order valence-corrected chi connectivity index (χ0v) is 26.5. The number of aliphatic imine (C=N–C) groups is 1. The number of hydrogen-bond donors (Lipinski definition) is 1. The minimum atomic E-state index is -5.08. The number of amides is 2. The number of carbonyl (C=O) groups is 2. The highest BCUT2D eigenvalue weighted by Crippen LogP contribution is 2.38. The Hall–Kier alpha value is -4.56. The number of hydrogen-bond acceptors (Lipinski definition) is 8. The molecule has 10 nitrogen and oxygen atoms in total. The standard InChI is InChI=1S/C31H28F6N6O4S/c1-29(2,3)47-28(46)42-9-8-41(15-20(42)16-44)27-39-26(45)25(48-27)11-17-4-7-24-21(10-17)23(13-38)40-43(24)14-18-5-6-19(30(32,33)34)12-22(18)31(35,36)37/h4-7,10-12,20,44H,8-9,14-16H2,1-3H3/t20-/m0/s1. The molecule has 0 radical (unpaired) electrons. The van der Waals surface area contributed by atoms with Gasteiger partial charge in [0, 0.05) is 25.0 Å². The van der Waals surface area contributed by atoms with Crippen LogP contribution in [0.15, 0.2) is 46.3 Å². The number of alkyl halides is 6. The molecule has 2 aromatic carbocycles. The molecule has 3 heterocycles. The quantitative estimate of drug-likeness (QED) is 0.266. The number of aliphatic hydroxyl groups is 1. The van der Waals surface area contributed by atoms with E-state index in [4.69, 9.17) is 4.74 Å². The maximum absolute atomic E-state index is 13.7. The number of fused-ring (bicyclic) bond motifs is 1. The van der Waals surface area contributed by atoms with E-state index in [1.54, 1.807) is 31.7 Å². The first-order chi connectivity index (χ1) is 22.4. The third-order valence-electron chi connectivity index (χ3n) is 7.44. The van der Waals surface area contributed by atoms with E-state index in [2.05, 4.69) is 10.1 Å². The Kier molecular flexibility index (Phi) is 9.28. The van der Waals surface area contributed by atoms with Gasteiger partial charge in [-0.05, 0) is 74.0 Å². The summed E-state index contributed by atoms with van der Waals surface area (Å²) in [5.74, 6) is -0.539. The van der Waals surface area contributed by atoms with Crippen LogP contribution >= 0.6 is 11.8 Å². The zero-order chi connectivity index (χ0) is 35.2. The van der Waals surface area contributed by atoms with Gasteiger partial charge in [0.05, 0.1) is 40.7 Å². The topological polar surface area (TPSA) is 124 Å². The van der Waals surface area contributed by atoms with Crippen LogP contribution in [0, 0.1) is 11.3 Å². The van der Waals surface area contributed by atoms with Crippen molar-refractivity contribution < 1.29 is 45.8 Å². The Bertz CT molecular complexity index is 1870. The predicted octanol–water partition coefficient (Wildman–Crippen LogP) is 5.88. The fourth-order valence-corrected chi connectivity index (χ4v) is 6.18. The number of nitrogens with zero attached hydrogens (tertiary/aromatic N) is 6. The minimum Gasteiger partial charge on any atom is -0.444 e. The van der Waals surface area contributed by atoms with Gasteiger partial charge in [-0.2, -0.15) is 41.7 Å². The lowest BCUT2D eigenvalue weighted by atomic mass is 10.0. The molecule has 0 saturated carbocycles. The molecule has 1 saturated heterocycles. The second-order valence-electron chi connectivity index (χ2n) is 12.0. The molecule has 1 aromatic heterocycles. The Balaban J connectivity index is 1.36. The molecule has 2 aliphatic heterocycles. The first kappa shape index (κ1) is 34.8. The third kappa shape index (κ3) is 7.44. The average molecular weight is 695 g/mol. The molecule has 1 fully saturated rings. The highest BCUT2D eigenvalue weighted by molar-refractivity contribution is 8.18. The van der Waals surface area contributed by atoms with Crippen LogP contribution in [-0.4, -0.2) is 79.7 Å². The van der Waals surface area contributed by atoms with Crippen LogP contribution in [-0.2, 0) is 28.4 Å². The largest absolute Gasteiger partial charge is 0.444 e. The molecule has 0 aliphatic carbocycles. The fraction of sp³-hybridized carbons (Fsp3) is 0.387. The maximum Gasteiger partial charge on any atom is 0.416 e. The summed E-state index contributed by atoms with van der Waals surface area (Å²) in [5, 5.41) is 24.4. The number of ether oxygens (including phenoxy) is 1. The zero-order valence-electron chi connectivity index (χ0n) is 25.7. The summed E-state index contributed by atoms with van der Waals surface area (Å²) >= 11 is 1.08. The maximum atomic E-state index is 13.7. The highest BCUT2D eigenvalue weighted by atomic mass is 32.2. The second-order valence-corrected chi connectivity index (χ2v) is 13.0. The fourth-order valence-electron chi connectivity index (χ4n) is 5.24. The number of amidine groups is 1. The molecule has 3 aromatic rings. The van der Waals surface area contributed by atoms with Gasteiger partial charge in [-0.15, -0.1) is 0 Å². The summed E-state index contributed by atoms with van der Waals surface area (Å²) in [6.07, 6.45) is -9.08. The lowest BCUT2D eigenvalue weighted by Crippen LogP contribution is -2.58. The van der Waals surface area contributed by atoms with Crippen LogP contribution in [0.4, 0.5) is 31.1 Å². The van der Waals surface area contributed by atoms with Crippen molar-refractivity contribution in [3.8, 4) is 6.07 Å². The van der Waals surface area contributed by atoms with Gasteiger partial charge in [-0.3, -0.25) is 14.4 Å². The van der Waals surface area contributed by atoms with Crippen molar-refractivity contribution in [2.45, 2.75) is 51.3 Å². The number of thioether (sulfide) groups is 1. The average Bonchev–Trinajstić information content (AvgIpc) is 3.54. The number of rotatable bonds is 4. The van der Waals surface area contributed by atoms with Gasteiger partial charge in [0.2, 0.25) is 0 Å². The van der Waals surface area contributed by atoms with E-state index in [9.17, 15) is 46.3 Å². The molecule has 1 N–H and O–H groups in total. The van der Waals surface area contributed by atoms with Crippen LogP contribution in [0.5, 0.6) is 0 Å². The molecule has 17 heteroatoms. The summed E-state index contributed by atoms with van der Waals surface area (Å²) in [6.45, 7) is 5.06. The van der Waals surface area contributed by atoms with Gasteiger partial charge < -0.3 is 14.7 Å². The van der Waals surface area contributed by atoms with Crippen molar-refractivity contribution >= 4 is 45.9 Å². The van der Waals surface area contributed by atoms with Gasteiger partial charge in [0.25, 0.3) is 5.91 Å². The van der Waals surface area contributed by atoms with Crippen molar-refractivity contribution in [2.24, 2.45) is 4.99 Å². The van der Waals surface area contributed by atoms with Gasteiger partial charge in [-0.25, -0.2) is 4.79 Å². The molecular weight excluding hydrogens is 666 g/mol. The smallest absolute Gasteiger partial charge is 0.416 e. The molecule has 1 atom stereocenters. The predicted molar refractivity (Wildman–Crippen MR) is 163 cm³/mol. The van der Waals surface area contributed by atoms with Gasteiger partial charge in [-0.1, -0.05) is 12.1 Å². The highest BCUT2D eigenvalue weighted by Gasteiger charge is 2.39. The Labute approximate surface area is 274 Å². The molecule has 0 bridgehead atoms. The van der Waals surface area contributed by atoms with Crippen LogP contribution in [0.25, 0.3) is 17.0 Å². The molecule has 0 unspecified atom stereocenters. The van der Waals surface area contributed by atoms with E-state index in [-0.39, 0.29) is 47.3 Å². The number of aliphatic hydroxyl groups excluding tert-OH is 1. The SMILES string of the molecule is CC(C)(C)OC(=O)N1CCN(C2=NC(=O)C(=Cc3ccc4c(c3)c(C#N)nn4Cc3ccc(C(F)(F)F)cc3C(F)(F)F)S2)C[C@H]1CO. The molecule has 2 aliphatic rings. The van der Waals surface area contributed by atoms with Crippen LogP contribution in [0.1, 0.15) is 48.7 Å². The summed E-state index contributed by atoms with van der Waals surface area (Å²) in [5.41, 5.74) is -3.52. The number of benzene rings is 2. The summed E-state index contributed by atoms with van der Waals surface area (Å²) < 4.78 is 87.1. The lowest BCUT2D eigenvalue weighted by Gasteiger charge is -2.41. The lowest BCUT2D eigenvalue weighted by molar-refractivity contribution is -0.143. The van der Waals surface area contributed by atoms with E-state index >= 15 is 0 Å². The van der Waals surface area contributed by atoms with Crippen LogP contribution in [0.2, 0.25) is 0 Å². The van der Waals surface area contributed by atoms with E-state index in [0.29, 0.717) is 23.3 Å². The molecule has 254 valence electrons. The van der Waals surface area contributed by atoms with Gasteiger partial charge in [0.1, 0.15) is 11.7 Å². The summed E-state index contributed by atoms with van der Waals surface area (Å²) in [6, 6.07) is 7.20. The first-order valence-corrected chi connectivity index (χ1v) is 15.3. The summed E-state index contributed by atoms with van der Waals surface area (Å²) in [7, 11) is 0. The van der Waals surface area contributed by atoms with Gasteiger partial charge >= 0.3 is 18.4 Å². The van der Waals surface area contributed by atoms with Crippen molar-refractivity contribution in [2.75, 3.05) is 26.2 Å². The van der Waals surface area contributed by atoms with Crippen LogP contribution in [0.3, 0.4) is 0 Å². The number of aromatic nitrogens is 2. The molecule has 5 rings (SSSR count). The van der Waals surface area contributed by atoms with E-state index < -0.39 is 59.2 Å². The summed E-state index contributed by atoms with van der Waals surface area (Å²) in [4.78, 5) is 33.0. The van der Waals surface area contributed by atoms with E-state index in [1.807, 2.05) is 6.07 Å². The number of halogens is 6. The van der Waals surface area contributed by atoms with E-state index in [1.165, 1.54) is 23.1 Å². The Morgan fingerprint density at radius 2 is 1.83 bits per heavy atom. The first-order valence-electron chi connectivity index (χ1n) is 14.4. The van der Waals surface area contributed by atoms with Gasteiger partial charge in [0.15, 0.2) is 10.9 Å². The number of nitriles is 1. The molecular formula is C31H28F6N6O4S. The number of carbonyl (C=O) groups excluding carboxylic acids is 2. The monoisotopic (exact) mass is 694 g/mol.